The number of benzene rings is 2. The van der Waals surface area contributed by atoms with Gasteiger partial charge >= 0.3 is 6.03 Å². The van der Waals surface area contributed by atoms with Crippen LogP contribution in [-0.2, 0) is 12.8 Å². The molecule has 0 spiro atoms. The minimum absolute atomic E-state index is 0.0310. The van der Waals surface area contributed by atoms with Gasteiger partial charge in [-0.15, -0.1) is 0 Å². The van der Waals surface area contributed by atoms with Crippen LogP contribution < -0.4 is 0 Å². The van der Waals surface area contributed by atoms with Crippen LogP contribution in [0.4, 0.5) is 4.79 Å². The predicted molar refractivity (Wildman–Crippen MR) is 110 cm³/mol. The van der Waals surface area contributed by atoms with Crippen molar-refractivity contribution in [3.8, 4) is 5.75 Å². The number of urea groups is 1. The van der Waals surface area contributed by atoms with Crippen LogP contribution in [0.15, 0.2) is 54.6 Å². The maximum Gasteiger partial charge on any atom is 0.319 e. The molecule has 0 fully saturated rings. The van der Waals surface area contributed by atoms with Crippen molar-refractivity contribution >= 4 is 6.03 Å². The van der Waals surface area contributed by atoms with Crippen molar-refractivity contribution in [2.24, 2.45) is 0 Å². The lowest BCUT2D eigenvalue weighted by Crippen LogP contribution is -2.47. The molecule has 0 bridgehead atoms. The summed E-state index contributed by atoms with van der Waals surface area (Å²) in [6.07, 6.45) is 1.67. The van der Waals surface area contributed by atoms with E-state index in [1.54, 1.807) is 21.9 Å². The van der Waals surface area contributed by atoms with E-state index < -0.39 is 0 Å². The molecule has 2 aromatic rings. The normalized spacial score (nSPS) is 12.0. The number of phenols is 1. The first-order valence-electron chi connectivity index (χ1n) is 9.31. The summed E-state index contributed by atoms with van der Waals surface area (Å²) in [5.74, 6) is 0.271. The first-order valence-corrected chi connectivity index (χ1v) is 9.31. The highest BCUT2D eigenvalue weighted by Gasteiger charge is 2.20. The molecule has 0 aromatic heterocycles. The second-order valence-electron chi connectivity index (χ2n) is 7.31. The van der Waals surface area contributed by atoms with Crippen LogP contribution in [0.2, 0.25) is 0 Å². The van der Waals surface area contributed by atoms with Crippen LogP contribution in [0.1, 0.15) is 11.1 Å². The minimum atomic E-state index is 0.0310. The average Bonchev–Trinajstić information content (AvgIpc) is 2.67. The highest BCUT2D eigenvalue weighted by molar-refractivity contribution is 5.73. The molecule has 0 aliphatic rings. The van der Waals surface area contributed by atoms with Gasteiger partial charge in [0.2, 0.25) is 0 Å². The van der Waals surface area contributed by atoms with E-state index in [0.717, 1.165) is 18.4 Å². The zero-order valence-corrected chi connectivity index (χ0v) is 16.8. The maximum absolute atomic E-state index is 12.7. The van der Waals surface area contributed by atoms with Gasteiger partial charge in [-0.2, -0.15) is 0 Å². The molecule has 2 amide bonds. The van der Waals surface area contributed by atoms with Crippen LogP contribution in [0, 0.1) is 0 Å². The number of phenolic OH excluding ortho intramolecular Hbond substituents is 1. The standard InChI is InChI=1S/C22H31N3O2/c1-23(2)20(16-19-10-12-21(26)13-11-19)17-25(4)22(27)24(3)15-14-18-8-6-5-7-9-18/h5-13,20,26H,14-17H2,1-4H3/t20-/m0/s1. The number of carbonyl (C=O) groups is 1. The largest absolute Gasteiger partial charge is 0.508 e. The average molecular weight is 370 g/mol. The first kappa shape index (κ1) is 20.8. The number of hydrogen-bond acceptors (Lipinski definition) is 3. The van der Waals surface area contributed by atoms with Crippen molar-refractivity contribution in [1.82, 2.24) is 14.7 Å². The molecule has 146 valence electrons. The summed E-state index contributed by atoms with van der Waals surface area (Å²) >= 11 is 0. The van der Waals surface area contributed by atoms with E-state index >= 15 is 0 Å². The topological polar surface area (TPSA) is 47.0 Å². The maximum atomic E-state index is 12.7. The molecule has 2 rings (SSSR count). The smallest absolute Gasteiger partial charge is 0.319 e. The third kappa shape index (κ3) is 6.61. The van der Waals surface area contributed by atoms with Crippen LogP contribution in [0.5, 0.6) is 5.75 Å². The Hall–Kier alpha value is -2.53. The van der Waals surface area contributed by atoms with Gasteiger partial charge in [-0.3, -0.25) is 0 Å². The summed E-state index contributed by atoms with van der Waals surface area (Å²) in [7, 11) is 7.77. The summed E-state index contributed by atoms with van der Waals surface area (Å²) in [6, 6.07) is 17.7. The molecule has 0 saturated carbocycles. The molecule has 0 saturated heterocycles. The van der Waals surface area contributed by atoms with Gasteiger partial charge in [-0.25, -0.2) is 4.79 Å². The van der Waals surface area contributed by atoms with E-state index in [1.807, 2.05) is 58.5 Å². The van der Waals surface area contributed by atoms with Gasteiger partial charge in [-0.05, 0) is 50.2 Å². The van der Waals surface area contributed by atoms with Gasteiger partial charge in [0.15, 0.2) is 0 Å². The number of nitrogens with zero attached hydrogens (tertiary/aromatic N) is 3. The Balaban J connectivity index is 1.90. The van der Waals surface area contributed by atoms with Crippen molar-refractivity contribution in [2.75, 3.05) is 41.3 Å². The summed E-state index contributed by atoms with van der Waals surface area (Å²) in [4.78, 5) is 18.4. The van der Waals surface area contributed by atoms with E-state index in [2.05, 4.69) is 17.0 Å². The van der Waals surface area contributed by atoms with Gasteiger partial charge in [0.1, 0.15) is 5.75 Å². The molecule has 1 N–H and O–H groups in total. The van der Waals surface area contributed by atoms with E-state index in [1.165, 1.54) is 5.56 Å². The number of carbonyl (C=O) groups excluding carboxylic acids is 1. The lowest BCUT2D eigenvalue weighted by Gasteiger charge is -2.31. The Morgan fingerprint density at radius 2 is 1.52 bits per heavy atom. The van der Waals surface area contributed by atoms with E-state index in [-0.39, 0.29) is 17.8 Å². The third-order valence-corrected chi connectivity index (χ3v) is 4.85. The molecule has 5 heteroatoms. The fourth-order valence-corrected chi connectivity index (χ4v) is 3.04. The van der Waals surface area contributed by atoms with Gasteiger partial charge in [0.05, 0.1) is 0 Å². The lowest BCUT2D eigenvalue weighted by atomic mass is 10.0. The summed E-state index contributed by atoms with van der Waals surface area (Å²) in [5, 5.41) is 9.44. The van der Waals surface area contributed by atoms with Crippen molar-refractivity contribution in [3.63, 3.8) is 0 Å². The molecule has 5 nitrogen and oxygen atoms in total. The van der Waals surface area contributed by atoms with Crippen LogP contribution in [-0.4, -0.2) is 73.2 Å². The van der Waals surface area contributed by atoms with Gasteiger partial charge < -0.3 is 19.8 Å². The Kier molecular flexibility index (Phi) is 7.67. The fourth-order valence-electron chi connectivity index (χ4n) is 3.04. The van der Waals surface area contributed by atoms with E-state index in [9.17, 15) is 9.90 Å². The molecule has 0 radical (unpaired) electrons. The molecular weight excluding hydrogens is 338 g/mol. The number of aromatic hydroxyl groups is 1. The SMILES string of the molecule is CN(CCc1ccccc1)C(=O)N(C)C[C@H](Cc1ccc(O)cc1)N(C)C. The van der Waals surface area contributed by atoms with Crippen LogP contribution in [0.3, 0.4) is 0 Å². The zero-order chi connectivity index (χ0) is 19.8. The van der Waals surface area contributed by atoms with Crippen LogP contribution in [0.25, 0.3) is 0 Å². The third-order valence-electron chi connectivity index (χ3n) is 4.85. The van der Waals surface area contributed by atoms with E-state index in [4.69, 9.17) is 0 Å². The number of hydrogen-bond donors (Lipinski definition) is 1. The van der Waals surface area contributed by atoms with Gasteiger partial charge in [0, 0.05) is 33.2 Å². The summed E-state index contributed by atoms with van der Waals surface area (Å²) in [5.41, 5.74) is 2.38. The Bertz CT molecular complexity index is 701. The lowest BCUT2D eigenvalue weighted by molar-refractivity contribution is 0.155. The number of likely N-dealkylation sites (N-methyl/N-ethyl adjacent to an activating group) is 3. The van der Waals surface area contributed by atoms with Crippen molar-refractivity contribution in [2.45, 2.75) is 18.9 Å². The van der Waals surface area contributed by atoms with Crippen molar-refractivity contribution < 1.29 is 9.90 Å². The molecule has 27 heavy (non-hydrogen) atoms. The monoisotopic (exact) mass is 369 g/mol. The molecule has 1 atom stereocenters. The second kappa shape index (κ2) is 9.97. The molecule has 2 aromatic carbocycles. The first-order chi connectivity index (χ1) is 12.9. The minimum Gasteiger partial charge on any atom is -0.508 e. The Labute approximate surface area is 162 Å². The molecule has 0 aliphatic carbocycles. The highest BCUT2D eigenvalue weighted by atomic mass is 16.3. The quantitative estimate of drug-likeness (QED) is 0.778. The van der Waals surface area contributed by atoms with Crippen molar-refractivity contribution in [3.05, 3.63) is 65.7 Å². The Morgan fingerprint density at radius 3 is 2.11 bits per heavy atom. The summed E-state index contributed by atoms with van der Waals surface area (Å²) in [6.45, 7) is 1.33. The molecule has 0 unspecified atom stereocenters. The highest BCUT2D eigenvalue weighted by Crippen LogP contribution is 2.14. The Morgan fingerprint density at radius 1 is 0.889 bits per heavy atom. The summed E-state index contributed by atoms with van der Waals surface area (Å²) < 4.78 is 0. The fraction of sp³-hybridized carbons (Fsp3) is 0.409. The van der Waals surface area contributed by atoms with E-state index in [0.29, 0.717) is 13.1 Å². The van der Waals surface area contributed by atoms with Gasteiger partial charge in [0.25, 0.3) is 0 Å². The molecule has 0 aliphatic heterocycles. The predicted octanol–water partition coefficient (Wildman–Crippen LogP) is 3.09. The number of rotatable bonds is 8. The zero-order valence-electron chi connectivity index (χ0n) is 16.8. The molecule has 0 heterocycles. The molecular formula is C22H31N3O2. The number of amides is 2. The van der Waals surface area contributed by atoms with Gasteiger partial charge in [-0.1, -0.05) is 42.5 Å². The second-order valence-corrected chi connectivity index (χ2v) is 7.31. The van der Waals surface area contributed by atoms with Crippen molar-refractivity contribution in [1.29, 1.82) is 0 Å². The van der Waals surface area contributed by atoms with Crippen LogP contribution >= 0.6 is 0 Å².